The number of carbonyl (C=O) groups excluding carboxylic acids is 1. The minimum absolute atomic E-state index is 0.125. The summed E-state index contributed by atoms with van der Waals surface area (Å²) in [4.78, 5) is 19.1. The van der Waals surface area contributed by atoms with Crippen LogP contribution in [0.1, 0.15) is 10.5 Å². The first kappa shape index (κ1) is 12.3. The summed E-state index contributed by atoms with van der Waals surface area (Å²) in [5, 5.41) is 3.80. The number of nitrogens with two attached hydrogens (primary N) is 1. The van der Waals surface area contributed by atoms with E-state index in [-0.39, 0.29) is 5.91 Å². The molecule has 0 spiro atoms. The van der Waals surface area contributed by atoms with Gasteiger partial charge in [0.2, 0.25) is 0 Å². The van der Waals surface area contributed by atoms with Gasteiger partial charge >= 0.3 is 0 Å². The Morgan fingerprint density at radius 2 is 2.30 bits per heavy atom. The number of hydrogen-bond acceptors (Lipinski definition) is 3. The summed E-state index contributed by atoms with van der Waals surface area (Å²) in [6.07, 6.45) is 5.29. The van der Waals surface area contributed by atoms with Gasteiger partial charge in [-0.15, -0.1) is 0 Å². The van der Waals surface area contributed by atoms with Crippen molar-refractivity contribution >= 4 is 22.5 Å². The summed E-state index contributed by atoms with van der Waals surface area (Å²) in [7, 11) is 0. The van der Waals surface area contributed by atoms with Gasteiger partial charge in [0.05, 0.1) is 6.33 Å². The Bertz CT molecular complexity index is 729. The number of imidazole rings is 1. The highest BCUT2D eigenvalue weighted by atomic mass is 16.1. The Morgan fingerprint density at radius 3 is 3.10 bits per heavy atom. The molecule has 0 atom stereocenters. The number of aromatic nitrogens is 3. The van der Waals surface area contributed by atoms with Crippen LogP contribution < -0.4 is 11.1 Å². The van der Waals surface area contributed by atoms with Gasteiger partial charge in [0.25, 0.3) is 5.91 Å². The molecule has 1 aromatic carbocycles. The molecule has 0 aliphatic carbocycles. The second-order valence-corrected chi connectivity index (χ2v) is 4.59. The Kier molecular flexibility index (Phi) is 3.12. The van der Waals surface area contributed by atoms with Crippen LogP contribution in [0.25, 0.3) is 10.9 Å². The van der Waals surface area contributed by atoms with Crippen LogP contribution in [-0.2, 0) is 6.54 Å². The smallest absolute Gasteiger partial charge is 0.267 e. The molecule has 0 aliphatic rings. The fourth-order valence-corrected chi connectivity index (χ4v) is 2.09. The largest absolute Gasteiger partial charge is 0.399 e. The van der Waals surface area contributed by atoms with E-state index in [9.17, 15) is 4.79 Å². The first-order valence-corrected chi connectivity index (χ1v) is 6.34. The Labute approximate surface area is 115 Å². The lowest BCUT2D eigenvalue weighted by atomic mass is 10.2. The minimum atomic E-state index is -0.125. The first-order chi connectivity index (χ1) is 9.72. The molecule has 2 heterocycles. The molecule has 0 unspecified atom stereocenters. The molecule has 0 saturated heterocycles. The highest BCUT2D eigenvalue weighted by Crippen LogP contribution is 2.18. The zero-order valence-corrected chi connectivity index (χ0v) is 10.8. The number of nitrogens with zero attached hydrogens (tertiary/aromatic N) is 2. The van der Waals surface area contributed by atoms with E-state index in [0.29, 0.717) is 24.5 Å². The van der Waals surface area contributed by atoms with Crippen LogP contribution in [0.5, 0.6) is 0 Å². The molecule has 0 fully saturated rings. The number of amides is 1. The summed E-state index contributed by atoms with van der Waals surface area (Å²) in [5.41, 5.74) is 7.84. The van der Waals surface area contributed by atoms with Crippen LogP contribution in [0.4, 0.5) is 5.69 Å². The molecule has 6 heteroatoms. The number of carbonyl (C=O) groups is 1. The third-order valence-electron chi connectivity index (χ3n) is 3.10. The molecule has 0 bridgehead atoms. The van der Waals surface area contributed by atoms with E-state index in [2.05, 4.69) is 15.3 Å². The van der Waals surface area contributed by atoms with Crippen molar-refractivity contribution in [2.45, 2.75) is 6.54 Å². The van der Waals surface area contributed by atoms with Crippen molar-refractivity contribution in [3.8, 4) is 0 Å². The van der Waals surface area contributed by atoms with Crippen LogP contribution in [0.2, 0.25) is 0 Å². The molecule has 20 heavy (non-hydrogen) atoms. The first-order valence-electron chi connectivity index (χ1n) is 6.34. The van der Waals surface area contributed by atoms with Crippen LogP contribution in [0, 0.1) is 0 Å². The minimum Gasteiger partial charge on any atom is -0.399 e. The van der Waals surface area contributed by atoms with E-state index in [1.165, 1.54) is 0 Å². The van der Waals surface area contributed by atoms with E-state index >= 15 is 0 Å². The number of fused-ring (bicyclic) bond motifs is 1. The number of benzene rings is 1. The van der Waals surface area contributed by atoms with Crippen molar-refractivity contribution in [3.63, 3.8) is 0 Å². The van der Waals surface area contributed by atoms with E-state index < -0.39 is 0 Å². The lowest BCUT2D eigenvalue weighted by Gasteiger charge is -2.04. The Hall–Kier alpha value is -2.76. The van der Waals surface area contributed by atoms with Crippen molar-refractivity contribution in [2.24, 2.45) is 0 Å². The molecule has 4 N–H and O–H groups in total. The normalized spacial score (nSPS) is 10.8. The predicted octanol–water partition coefficient (Wildman–Crippen LogP) is 1.38. The molecule has 3 rings (SSSR count). The van der Waals surface area contributed by atoms with Gasteiger partial charge in [-0.2, -0.15) is 0 Å². The lowest BCUT2D eigenvalue weighted by molar-refractivity contribution is 0.0948. The summed E-state index contributed by atoms with van der Waals surface area (Å²) in [6, 6.07) is 7.32. The zero-order chi connectivity index (χ0) is 13.9. The average molecular weight is 269 g/mol. The highest BCUT2D eigenvalue weighted by molar-refractivity contribution is 5.98. The second-order valence-electron chi connectivity index (χ2n) is 4.59. The molecule has 3 aromatic rings. The van der Waals surface area contributed by atoms with Crippen molar-refractivity contribution < 1.29 is 4.79 Å². The van der Waals surface area contributed by atoms with Crippen molar-refractivity contribution in [1.82, 2.24) is 19.9 Å². The summed E-state index contributed by atoms with van der Waals surface area (Å²) < 4.78 is 1.91. The SMILES string of the molecule is Nc1ccc2[nH]c(C(=O)NCCn3ccnc3)cc2c1. The summed E-state index contributed by atoms with van der Waals surface area (Å²) >= 11 is 0. The summed E-state index contributed by atoms with van der Waals surface area (Å²) in [5.74, 6) is -0.125. The van der Waals surface area contributed by atoms with Gasteiger partial charge in [-0.25, -0.2) is 4.98 Å². The highest BCUT2D eigenvalue weighted by Gasteiger charge is 2.08. The summed E-state index contributed by atoms with van der Waals surface area (Å²) in [6.45, 7) is 1.24. The van der Waals surface area contributed by atoms with E-state index in [1.54, 1.807) is 24.7 Å². The van der Waals surface area contributed by atoms with Crippen LogP contribution >= 0.6 is 0 Å². The van der Waals surface area contributed by atoms with Gasteiger partial charge in [-0.3, -0.25) is 4.79 Å². The Balaban J connectivity index is 1.66. The van der Waals surface area contributed by atoms with Gasteiger partial charge in [0.15, 0.2) is 0 Å². The number of hydrogen-bond donors (Lipinski definition) is 3. The molecule has 6 nitrogen and oxygen atoms in total. The maximum Gasteiger partial charge on any atom is 0.267 e. The molecule has 0 radical (unpaired) electrons. The molecular formula is C14H15N5O. The molecule has 1 amide bonds. The molecule has 2 aromatic heterocycles. The van der Waals surface area contributed by atoms with E-state index in [1.807, 2.05) is 22.9 Å². The second kappa shape index (κ2) is 5.08. The Morgan fingerprint density at radius 1 is 1.40 bits per heavy atom. The number of nitrogen functional groups attached to an aromatic ring is 1. The van der Waals surface area contributed by atoms with Crippen LogP contribution in [0.3, 0.4) is 0 Å². The molecule has 0 saturated carbocycles. The number of nitrogens with one attached hydrogen (secondary N) is 2. The van der Waals surface area contributed by atoms with Crippen LogP contribution in [-0.4, -0.2) is 27.0 Å². The number of H-pyrrole nitrogens is 1. The van der Waals surface area contributed by atoms with Gasteiger partial charge in [0, 0.05) is 42.1 Å². The molecule has 0 aliphatic heterocycles. The average Bonchev–Trinajstić information content (AvgIpc) is 3.06. The number of anilines is 1. The van der Waals surface area contributed by atoms with Crippen molar-refractivity contribution in [1.29, 1.82) is 0 Å². The maximum absolute atomic E-state index is 12.0. The fraction of sp³-hybridized carbons (Fsp3) is 0.143. The van der Waals surface area contributed by atoms with Crippen molar-refractivity contribution in [2.75, 3.05) is 12.3 Å². The van der Waals surface area contributed by atoms with Gasteiger partial charge in [0.1, 0.15) is 5.69 Å². The van der Waals surface area contributed by atoms with E-state index in [0.717, 1.165) is 10.9 Å². The number of rotatable bonds is 4. The van der Waals surface area contributed by atoms with E-state index in [4.69, 9.17) is 5.73 Å². The topological polar surface area (TPSA) is 88.7 Å². The van der Waals surface area contributed by atoms with Gasteiger partial charge < -0.3 is 20.6 Å². The third kappa shape index (κ3) is 2.49. The maximum atomic E-state index is 12.0. The van der Waals surface area contributed by atoms with Crippen LogP contribution in [0.15, 0.2) is 43.0 Å². The molecular weight excluding hydrogens is 254 g/mol. The number of aromatic amines is 1. The molecule has 102 valence electrons. The third-order valence-corrected chi connectivity index (χ3v) is 3.10. The van der Waals surface area contributed by atoms with Gasteiger partial charge in [-0.05, 0) is 24.3 Å². The quantitative estimate of drug-likeness (QED) is 0.625. The monoisotopic (exact) mass is 269 g/mol. The lowest BCUT2D eigenvalue weighted by Crippen LogP contribution is -2.27. The fourth-order valence-electron chi connectivity index (χ4n) is 2.09. The predicted molar refractivity (Wildman–Crippen MR) is 77.3 cm³/mol. The van der Waals surface area contributed by atoms with Crippen molar-refractivity contribution in [3.05, 3.63) is 48.7 Å². The van der Waals surface area contributed by atoms with Gasteiger partial charge in [-0.1, -0.05) is 0 Å². The zero-order valence-electron chi connectivity index (χ0n) is 10.8. The standard InChI is InChI=1S/C14H15N5O/c15-11-1-2-12-10(7-11)8-13(18-12)14(20)17-4-6-19-5-3-16-9-19/h1-3,5,7-9,18H,4,6,15H2,(H,17,20).